The fourth-order valence-corrected chi connectivity index (χ4v) is 3.03. The Bertz CT molecular complexity index is 413. The SMILES string of the molecule is OCC1CCCCC1CNCC(O)c1cccc(F)c1. The second-order valence-electron chi connectivity index (χ2n) is 5.72. The summed E-state index contributed by atoms with van der Waals surface area (Å²) < 4.78 is 13.1. The Balaban J connectivity index is 1.77. The minimum absolute atomic E-state index is 0.249. The average Bonchev–Trinajstić information content (AvgIpc) is 2.47. The van der Waals surface area contributed by atoms with E-state index in [2.05, 4.69) is 5.32 Å². The first-order valence-corrected chi connectivity index (χ1v) is 7.46. The van der Waals surface area contributed by atoms with E-state index in [4.69, 9.17) is 0 Å². The number of aliphatic hydroxyl groups is 2. The lowest BCUT2D eigenvalue weighted by molar-refractivity contribution is 0.125. The molecule has 1 aliphatic rings. The van der Waals surface area contributed by atoms with Crippen molar-refractivity contribution < 1.29 is 14.6 Å². The van der Waals surface area contributed by atoms with Crippen LogP contribution in [0.3, 0.4) is 0 Å². The van der Waals surface area contributed by atoms with Crippen molar-refractivity contribution in [1.29, 1.82) is 0 Å². The fourth-order valence-electron chi connectivity index (χ4n) is 3.03. The van der Waals surface area contributed by atoms with Crippen LogP contribution < -0.4 is 5.32 Å². The molecule has 1 aromatic rings. The molecular formula is C16H24FNO2. The molecule has 0 bridgehead atoms. The highest BCUT2D eigenvalue weighted by Crippen LogP contribution is 2.29. The highest BCUT2D eigenvalue weighted by molar-refractivity contribution is 5.18. The van der Waals surface area contributed by atoms with Crippen LogP contribution in [0.15, 0.2) is 24.3 Å². The van der Waals surface area contributed by atoms with E-state index in [0.29, 0.717) is 23.9 Å². The first-order chi connectivity index (χ1) is 9.70. The Morgan fingerprint density at radius 1 is 1.25 bits per heavy atom. The van der Waals surface area contributed by atoms with Gasteiger partial charge in [0.2, 0.25) is 0 Å². The molecule has 3 unspecified atom stereocenters. The summed E-state index contributed by atoms with van der Waals surface area (Å²) in [5.74, 6) is 0.533. The minimum Gasteiger partial charge on any atom is -0.396 e. The number of hydrogen-bond donors (Lipinski definition) is 3. The van der Waals surface area contributed by atoms with Crippen molar-refractivity contribution in [2.45, 2.75) is 31.8 Å². The van der Waals surface area contributed by atoms with E-state index in [-0.39, 0.29) is 12.4 Å². The van der Waals surface area contributed by atoms with Gasteiger partial charge in [0.1, 0.15) is 5.82 Å². The molecule has 1 aromatic carbocycles. The van der Waals surface area contributed by atoms with Crippen LogP contribution in [0.5, 0.6) is 0 Å². The standard InChI is InChI=1S/C16H24FNO2/c17-15-7-3-6-12(8-15)16(20)10-18-9-13-4-1-2-5-14(13)11-19/h3,6-8,13-14,16,18-20H,1-2,4-5,9-11H2. The minimum atomic E-state index is -0.693. The molecule has 0 saturated heterocycles. The van der Waals surface area contributed by atoms with E-state index in [1.54, 1.807) is 12.1 Å². The summed E-state index contributed by atoms with van der Waals surface area (Å²) in [5, 5.41) is 22.6. The van der Waals surface area contributed by atoms with Gasteiger partial charge in [0.25, 0.3) is 0 Å². The van der Waals surface area contributed by atoms with Crippen molar-refractivity contribution in [3.8, 4) is 0 Å². The van der Waals surface area contributed by atoms with Crippen molar-refractivity contribution in [2.75, 3.05) is 19.7 Å². The molecule has 0 amide bonds. The Kier molecular flexibility index (Phi) is 5.95. The summed E-state index contributed by atoms with van der Waals surface area (Å²) in [6.45, 7) is 1.47. The molecule has 3 atom stereocenters. The van der Waals surface area contributed by atoms with E-state index in [0.717, 1.165) is 19.4 Å². The molecule has 0 heterocycles. The number of aliphatic hydroxyl groups excluding tert-OH is 2. The molecule has 0 radical (unpaired) electrons. The summed E-state index contributed by atoms with van der Waals surface area (Å²) in [6.07, 6.45) is 3.95. The fraction of sp³-hybridized carbons (Fsp3) is 0.625. The lowest BCUT2D eigenvalue weighted by Gasteiger charge is -2.30. The van der Waals surface area contributed by atoms with Gasteiger partial charge < -0.3 is 15.5 Å². The number of benzene rings is 1. The Morgan fingerprint density at radius 3 is 2.70 bits per heavy atom. The first kappa shape index (κ1) is 15.4. The number of nitrogens with one attached hydrogen (secondary N) is 1. The largest absolute Gasteiger partial charge is 0.396 e. The molecular weight excluding hydrogens is 257 g/mol. The summed E-state index contributed by atoms with van der Waals surface area (Å²) in [6, 6.07) is 6.07. The zero-order valence-electron chi connectivity index (χ0n) is 11.8. The zero-order valence-corrected chi connectivity index (χ0v) is 11.8. The molecule has 2 rings (SSSR count). The van der Waals surface area contributed by atoms with E-state index < -0.39 is 6.10 Å². The maximum absolute atomic E-state index is 13.1. The predicted octanol–water partition coefficient (Wildman–Crippen LogP) is 2.25. The van der Waals surface area contributed by atoms with Crippen molar-refractivity contribution in [1.82, 2.24) is 5.32 Å². The van der Waals surface area contributed by atoms with Crippen molar-refractivity contribution >= 4 is 0 Å². The third-order valence-corrected chi connectivity index (χ3v) is 4.28. The van der Waals surface area contributed by atoms with Crippen LogP contribution in [0.1, 0.15) is 37.4 Å². The van der Waals surface area contributed by atoms with Gasteiger partial charge in [0.05, 0.1) is 6.10 Å². The third kappa shape index (κ3) is 4.27. The van der Waals surface area contributed by atoms with Crippen LogP contribution in [0, 0.1) is 17.7 Å². The van der Waals surface area contributed by atoms with Crippen LogP contribution in [0.4, 0.5) is 4.39 Å². The molecule has 1 saturated carbocycles. The maximum atomic E-state index is 13.1. The molecule has 20 heavy (non-hydrogen) atoms. The molecule has 0 spiro atoms. The smallest absolute Gasteiger partial charge is 0.123 e. The van der Waals surface area contributed by atoms with Gasteiger partial charge in [-0.2, -0.15) is 0 Å². The van der Waals surface area contributed by atoms with Gasteiger partial charge in [-0.25, -0.2) is 4.39 Å². The number of halogens is 1. The van der Waals surface area contributed by atoms with Crippen LogP contribution in [0.25, 0.3) is 0 Å². The first-order valence-electron chi connectivity index (χ1n) is 7.46. The van der Waals surface area contributed by atoms with Crippen LogP contribution in [-0.2, 0) is 0 Å². The molecule has 3 nitrogen and oxygen atoms in total. The molecule has 0 aromatic heterocycles. The van der Waals surface area contributed by atoms with Gasteiger partial charge in [0.15, 0.2) is 0 Å². The monoisotopic (exact) mass is 281 g/mol. The zero-order chi connectivity index (χ0) is 14.4. The third-order valence-electron chi connectivity index (χ3n) is 4.28. The summed E-state index contributed by atoms with van der Waals surface area (Å²) in [5.41, 5.74) is 0.597. The van der Waals surface area contributed by atoms with Crippen LogP contribution in [-0.4, -0.2) is 29.9 Å². The van der Waals surface area contributed by atoms with Crippen LogP contribution in [0.2, 0.25) is 0 Å². The molecule has 1 aliphatic carbocycles. The molecule has 0 aliphatic heterocycles. The van der Waals surface area contributed by atoms with Crippen molar-refractivity contribution in [2.24, 2.45) is 11.8 Å². The number of hydrogen-bond acceptors (Lipinski definition) is 3. The predicted molar refractivity (Wildman–Crippen MR) is 76.8 cm³/mol. The Morgan fingerprint density at radius 2 is 2.00 bits per heavy atom. The van der Waals surface area contributed by atoms with Gasteiger partial charge in [0, 0.05) is 13.2 Å². The topological polar surface area (TPSA) is 52.5 Å². The van der Waals surface area contributed by atoms with Crippen molar-refractivity contribution in [3.63, 3.8) is 0 Å². The van der Waals surface area contributed by atoms with Gasteiger partial charge in [-0.3, -0.25) is 0 Å². The molecule has 1 fully saturated rings. The number of rotatable bonds is 6. The summed E-state index contributed by atoms with van der Waals surface area (Å²) in [4.78, 5) is 0. The lowest BCUT2D eigenvalue weighted by Crippen LogP contribution is -2.34. The lowest BCUT2D eigenvalue weighted by atomic mass is 9.79. The second kappa shape index (κ2) is 7.72. The van der Waals surface area contributed by atoms with Gasteiger partial charge >= 0.3 is 0 Å². The molecule has 112 valence electrons. The molecule has 3 N–H and O–H groups in total. The summed E-state index contributed by atoms with van der Waals surface area (Å²) in [7, 11) is 0. The van der Waals surface area contributed by atoms with Gasteiger partial charge in [-0.1, -0.05) is 25.0 Å². The van der Waals surface area contributed by atoms with Crippen LogP contribution >= 0.6 is 0 Å². The van der Waals surface area contributed by atoms with Crippen molar-refractivity contribution in [3.05, 3.63) is 35.6 Å². The van der Waals surface area contributed by atoms with E-state index in [9.17, 15) is 14.6 Å². The highest BCUT2D eigenvalue weighted by atomic mass is 19.1. The molecule has 4 heteroatoms. The average molecular weight is 281 g/mol. The highest BCUT2D eigenvalue weighted by Gasteiger charge is 2.24. The Labute approximate surface area is 119 Å². The second-order valence-corrected chi connectivity index (χ2v) is 5.72. The van der Waals surface area contributed by atoms with E-state index in [1.807, 2.05) is 0 Å². The normalized spacial score (nSPS) is 24.6. The maximum Gasteiger partial charge on any atom is 0.123 e. The quantitative estimate of drug-likeness (QED) is 0.749. The van der Waals surface area contributed by atoms with Gasteiger partial charge in [-0.15, -0.1) is 0 Å². The summed E-state index contributed by atoms with van der Waals surface area (Å²) >= 11 is 0. The van der Waals surface area contributed by atoms with E-state index >= 15 is 0 Å². The van der Waals surface area contributed by atoms with E-state index in [1.165, 1.54) is 25.0 Å². The van der Waals surface area contributed by atoms with Gasteiger partial charge in [-0.05, 0) is 48.9 Å². The Hall–Kier alpha value is -0.970.